The summed E-state index contributed by atoms with van der Waals surface area (Å²) in [4.78, 5) is 24.2. The number of benzene rings is 2. The lowest BCUT2D eigenvalue weighted by molar-refractivity contribution is -0.142. The number of ether oxygens (including phenoxy) is 3. The van der Waals surface area contributed by atoms with E-state index in [9.17, 15) is 18.0 Å². The minimum absolute atomic E-state index is 0.0350. The molecule has 2 aromatic carbocycles. The topological polar surface area (TPSA) is 111 Å². The smallest absolute Gasteiger partial charge is 0.331 e. The van der Waals surface area contributed by atoms with Crippen molar-refractivity contribution in [3.8, 4) is 11.5 Å². The first kappa shape index (κ1) is 23.1. The van der Waals surface area contributed by atoms with Gasteiger partial charge in [-0.3, -0.25) is 4.79 Å². The third-order valence-electron chi connectivity index (χ3n) is 5.07. The highest BCUT2D eigenvalue weighted by Crippen LogP contribution is 2.33. The number of amides is 1. The summed E-state index contributed by atoms with van der Waals surface area (Å²) in [5.41, 5.74) is 0.817. The van der Waals surface area contributed by atoms with E-state index in [0.717, 1.165) is 12.8 Å². The third-order valence-corrected chi connectivity index (χ3v) is 7.29. The molecule has 1 fully saturated rings. The summed E-state index contributed by atoms with van der Waals surface area (Å²) in [6.07, 6.45) is 4.32. The van der Waals surface area contributed by atoms with Crippen LogP contribution in [0.2, 0.25) is 5.02 Å². The highest BCUT2D eigenvalue weighted by molar-refractivity contribution is 7.89. The fourth-order valence-corrected chi connectivity index (χ4v) is 5.10. The highest BCUT2D eigenvalue weighted by Gasteiger charge is 2.27. The quantitative estimate of drug-likeness (QED) is 0.467. The molecule has 2 aromatic rings. The maximum atomic E-state index is 12.7. The van der Waals surface area contributed by atoms with Crippen molar-refractivity contribution in [2.45, 2.75) is 17.7 Å². The number of carbonyl (C=O) groups excluding carboxylic acids is 2. The summed E-state index contributed by atoms with van der Waals surface area (Å²) < 4.78 is 42.3. The molecule has 0 saturated carbocycles. The standard InChI is InChI=1S/C22H21ClN2O7S/c23-17-6-5-16(33(28,29)25-9-1-2-10-25)12-18(17)24-21(26)13-30-22(27)8-4-15-3-7-19-20(11-15)32-14-31-19/h3-8,11-12H,1-2,9-10,13-14H2,(H,24,26). The lowest BCUT2D eigenvalue weighted by Crippen LogP contribution is -2.28. The number of anilines is 1. The fraction of sp³-hybridized carbons (Fsp3) is 0.273. The number of rotatable bonds is 7. The van der Waals surface area contributed by atoms with E-state index in [1.807, 2.05) is 0 Å². The number of halogens is 1. The van der Waals surface area contributed by atoms with Gasteiger partial charge >= 0.3 is 5.97 Å². The molecule has 2 aliphatic heterocycles. The molecule has 0 radical (unpaired) electrons. The Hall–Kier alpha value is -3.08. The van der Waals surface area contributed by atoms with Crippen molar-refractivity contribution in [3.05, 3.63) is 53.1 Å². The molecule has 1 N–H and O–H groups in total. The Morgan fingerprint density at radius 3 is 2.64 bits per heavy atom. The van der Waals surface area contributed by atoms with Gasteiger partial charge in [0.05, 0.1) is 15.6 Å². The molecule has 0 unspecified atom stereocenters. The molecule has 11 heteroatoms. The van der Waals surface area contributed by atoms with Gasteiger partial charge in [-0.05, 0) is 54.8 Å². The van der Waals surface area contributed by atoms with Gasteiger partial charge in [-0.25, -0.2) is 13.2 Å². The first-order chi connectivity index (χ1) is 15.8. The summed E-state index contributed by atoms with van der Waals surface area (Å²) in [5, 5.41) is 2.65. The number of carbonyl (C=O) groups is 2. The molecule has 9 nitrogen and oxygen atoms in total. The first-order valence-corrected chi connectivity index (χ1v) is 12.0. The predicted octanol–water partition coefficient (Wildman–Crippen LogP) is 3.05. The van der Waals surface area contributed by atoms with Gasteiger partial charge in [-0.15, -0.1) is 0 Å². The maximum absolute atomic E-state index is 12.7. The number of esters is 1. The van der Waals surface area contributed by atoms with E-state index in [4.69, 9.17) is 25.8 Å². The number of nitrogens with zero attached hydrogens (tertiary/aromatic N) is 1. The van der Waals surface area contributed by atoms with E-state index >= 15 is 0 Å². The van der Waals surface area contributed by atoms with Gasteiger partial charge in [0.1, 0.15) is 0 Å². The Kier molecular flexibility index (Phi) is 6.87. The molecule has 0 bridgehead atoms. The lowest BCUT2D eigenvalue weighted by Gasteiger charge is -2.16. The van der Waals surface area contributed by atoms with Crippen LogP contribution in [0.3, 0.4) is 0 Å². The zero-order valence-corrected chi connectivity index (χ0v) is 19.0. The van der Waals surface area contributed by atoms with E-state index in [1.54, 1.807) is 18.2 Å². The molecular weight excluding hydrogens is 472 g/mol. The Morgan fingerprint density at radius 2 is 1.85 bits per heavy atom. The second-order valence-corrected chi connectivity index (χ2v) is 9.70. The van der Waals surface area contributed by atoms with Crippen molar-refractivity contribution in [1.82, 2.24) is 4.31 Å². The Bertz CT molecular complexity index is 1210. The Balaban J connectivity index is 1.33. The molecule has 33 heavy (non-hydrogen) atoms. The van der Waals surface area contributed by atoms with Crippen LogP contribution in [0.1, 0.15) is 18.4 Å². The average molecular weight is 493 g/mol. The van der Waals surface area contributed by atoms with Crippen molar-refractivity contribution in [3.63, 3.8) is 0 Å². The van der Waals surface area contributed by atoms with E-state index < -0.39 is 28.5 Å². The van der Waals surface area contributed by atoms with Crippen LogP contribution in [0.4, 0.5) is 5.69 Å². The number of fused-ring (bicyclic) bond motifs is 1. The monoisotopic (exact) mass is 492 g/mol. The van der Waals surface area contributed by atoms with Gasteiger partial charge in [0, 0.05) is 19.2 Å². The van der Waals surface area contributed by atoms with Crippen molar-refractivity contribution in [2.75, 3.05) is 31.8 Å². The number of hydrogen-bond acceptors (Lipinski definition) is 7. The summed E-state index contributed by atoms with van der Waals surface area (Å²) >= 11 is 6.11. The van der Waals surface area contributed by atoms with Crippen LogP contribution in [-0.2, 0) is 24.3 Å². The zero-order valence-electron chi connectivity index (χ0n) is 17.5. The molecule has 1 amide bonds. The molecule has 2 aliphatic rings. The summed E-state index contributed by atoms with van der Waals surface area (Å²) in [6.45, 7) is 0.505. The molecule has 174 valence electrons. The number of nitrogens with one attached hydrogen (secondary N) is 1. The van der Waals surface area contributed by atoms with Crippen LogP contribution in [0, 0.1) is 0 Å². The molecule has 0 aromatic heterocycles. The third kappa shape index (κ3) is 5.47. The van der Waals surface area contributed by atoms with Crippen LogP contribution in [0.15, 0.2) is 47.4 Å². The number of sulfonamides is 1. The average Bonchev–Trinajstić information content (AvgIpc) is 3.49. The Morgan fingerprint density at radius 1 is 1.09 bits per heavy atom. The van der Waals surface area contributed by atoms with Crippen LogP contribution in [0.5, 0.6) is 11.5 Å². The lowest BCUT2D eigenvalue weighted by atomic mass is 10.2. The molecular formula is C22H21ClN2O7S. The normalized spacial score (nSPS) is 15.7. The number of hydrogen-bond donors (Lipinski definition) is 1. The molecule has 0 aliphatic carbocycles. The zero-order chi connectivity index (χ0) is 23.4. The van der Waals surface area contributed by atoms with Crippen LogP contribution in [-0.4, -0.2) is 51.1 Å². The molecule has 0 atom stereocenters. The SMILES string of the molecule is O=C(COC(=O)C=Cc1ccc2c(c1)OCO2)Nc1cc(S(=O)(=O)N2CCCC2)ccc1Cl. The van der Waals surface area contributed by atoms with Crippen molar-refractivity contribution in [1.29, 1.82) is 0 Å². The van der Waals surface area contributed by atoms with E-state index in [2.05, 4.69) is 5.32 Å². The first-order valence-electron chi connectivity index (χ1n) is 10.2. The summed E-state index contributed by atoms with van der Waals surface area (Å²) in [7, 11) is -3.66. The molecule has 4 rings (SSSR count). The van der Waals surface area contributed by atoms with Gasteiger partial charge < -0.3 is 19.5 Å². The maximum Gasteiger partial charge on any atom is 0.331 e. The largest absolute Gasteiger partial charge is 0.454 e. The highest BCUT2D eigenvalue weighted by atomic mass is 35.5. The van der Waals surface area contributed by atoms with Crippen LogP contribution >= 0.6 is 11.6 Å². The van der Waals surface area contributed by atoms with E-state index in [1.165, 1.54) is 34.7 Å². The van der Waals surface area contributed by atoms with Gasteiger partial charge in [0.2, 0.25) is 16.8 Å². The Labute approximate surface area is 195 Å². The van der Waals surface area contributed by atoms with Crippen molar-refractivity contribution >= 4 is 45.3 Å². The van der Waals surface area contributed by atoms with Crippen molar-refractivity contribution < 1.29 is 32.2 Å². The summed E-state index contributed by atoms with van der Waals surface area (Å²) in [5.74, 6) is -0.171. The van der Waals surface area contributed by atoms with Gasteiger partial charge in [-0.2, -0.15) is 4.31 Å². The minimum atomic E-state index is -3.66. The second-order valence-electron chi connectivity index (χ2n) is 7.35. The van der Waals surface area contributed by atoms with Gasteiger partial charge in [0.25, 0.3) is 5.91 Å². The summed E-state index contributed by atoms with van der Waals surface area (Å²) in [6, 6.07) is 9.28. The van der Waals surface area contributed by atoms with E-state index in [0.29, 0.717) is 30.2 Å². The molecule has 2 heterocycles. The van der Waals surface area contributed by atoms with Crippen LogP contribution < -0.4 is 14.8 Å². The van der Waals surface area contributed by atoms with Gasteiger partial charge in [0.15, 0.2) is 18.1 Å². The second kappa shape index (κ2) is 9.82. The van der Waals surface area contributed by atoms with Gasteiger partial charge in [-0.1, -0.05) is 17.7 Å². The van der Waals surface area contributed by atoms with Crippen molar-refractivity contribution in [2.24, 2.45) is 0 Å². The minimum Gasteiger partial charge on any atom is -0.454 e. The predicted molar refractivity (Wildman–Crippen MR) is 121 cm³/mol. The van der Waals surface area contributed by atoms with Crippen LogP contribution in [0.25, 0.3) is 6.08 Å². The molecule has 1 saturated heterocycles. The van der Waals surface area contributed by atoms with E-state index in [-0.39, 0.29) is 22.4 Å². The fourth-order valence-electron chi connectivity index (χ4n) is 3.39. The molecule has 0 spiro atoms.